The molecule has 0 saturated heterocycles. The van der Waals surface area contributed by atoms with E-state index in [1.54, 1.807) is 55.6 Å². The van der Waals surface area contributed by atoms with E-state index in [2.05, 4.69) is 19.1 Å². The molecule has 4 aromatic carbocycles. The number of ether oxygens (including phenoxy) is 3. The van der Waals surface area contributed by atoms with Gasteiger partial charge < -0.3 is 28.8 Å². The molecular formula is C40H42O8. The first-order valence-corrected chi connectivity index (χ1v) is 16.1. The molecule has 0 radical (unpaired) electrons. The Bertz CT molecular complexity index is 1890. The normalized spacial score (nSPS) is 13.5. The lowest BCUT2D eigenvalue weighted by Gasteiger charge is -2.31. The standard InChI is InChI=1S/C40H42O8/c1-6-26(27-14-18-32(19-15-27)46-25(2)45-5)22-30(28-12-16-31(41)17-13-28)24-40(3,4)39(44)47-33-20-21-35-34(23-33)36(42)37(43)38(48-35)29-10-8-7-9-11-29/h7-21,23,25-26,30,41,43H,6,22,24H2,1-5H3. The van der Waals surface area contributed by atoms with Gasteiger partial charge in [0, 0.05) is 12.7 Å². The summed E-state index contributed by atoms with van der Waals surface area (Å²) in [6.45, 7) is 7.67. The second-order valence-corrected chi connectivity index (χ2v) is 12.7. The molecule has 0 aliphatic carbocycles. The minimum Gasteiger partial charge on any atom is -0.508 e. The van der Waals surface area contributed by atoms with E-state index in [0.29, 0.717) is 12.0 Å². The molecule has 0 aliphatic heterocycles. The molecule has 1 aromatic heterocycles. The smallest absolute Gasteiger partial charge is 0.316 e. The molecule has 0 bridgehead atoms. The van der Waals surface area contributed by atoms with Gasteiger partial charge in [0.25, 0.3) is 0 Å². The van der Waals surface area contributed by atoms with E-state index >= 15 is 0 Å². The van der Waals surface area contributed by atoms with Crippen molar-refractivity contribution in [3.8, 4) is 34.3 Å². The first kappa shape index (κ1) is 34.3. The van der Waals surface area contributed by atoms with Crippen LogP contribution in [0.1, 0.15) is 69.9 Å². The first-order chi connectivity index (χ1) is 23.0. The highest BCUT2D eigenvalue weighted by Crippen LogP contribution is 2.41. The number of carbonyl (C=O) groups is 1. The van der Waals surface area contributed by atoms with Gasteiger partial charge >= 0.3 is 5.97 Å². The van der Waals surface area contributed by atoms with Crippen molar-refractivity contribution >= 4 is 16.9 Å². The molecule has 0 saturated carbocycles. The summed E-state index contributed by atoms with van der Waals surface area (Å²) in [6, 6.07) is 28.6. The first-order valence-electron chi connectivity index (χ1n) is 16.1. The van der Waals surface area contributed by atoms with Gasteiger partial charge in [-0.1, -0.05) is 61.5 Å². The van der Waals surface area contributed by atoms with Gasteiger partial charge in [0.15, 0.2) is 12.1 Å². The van der Waals surface area contributed by atoms with Crippen molar-refractivity contribution in [3.63, 3.8) is 0 Å². The number of phenols is 1. The third-order valence-corrected chi connectivity index (χ3v) is 8.81. The quantitative estimate of drug-likeness (QED) is 0.0737. The molecular weight excluding hydrogens is 608 g/mol. The Balaban J connectivity index is 1.37. The largest absolute Gasteiger partial charge is 0.508 e. The Morgan fingerprint density at radius 1 is 0.854 bits per heavy atom. The van der Waals surface area contributed by atoms with Gasteiger partial charge in [-0.15, -0.1) is 0 Å². The molecule has 1 heterocycles. The fraction of sp³-hybridized carbons (Fsp3) is 0.300. The molecule has 0 spiro atoms. The van der Waals surface area contributed by atoms with Gasteiger partial charge in [0.2, 0.25) is 11.2 Å². The summed E-state index contributed by atoms with van der Waals surface area (Å²) in [7, 11) is 1.60. The van der Waals surface area contributed by atoms with Crippen LogP contribution in [0.25, 0.3) is 22.3 Å². The Morgan fingerprint density at radius 2 is 1.48 bits per heavy atom. The van der Waals surface area contributed by atoms with Crippen LogP contribution >= 0.6 is 0 Å². The highest BCUT2D eigenvalue weighted by molar-refractivity contribution is 5.85. The van der Waals surface area contributed by atoms with Crippen molar-refractivity contribution in [2.75, 3.05) is 7.11 Å². The van der Waals surface area contributed by atoms with Crippen LogP contribution in [0.2, 0.25) is 0 Å². The number of phenolic OH excluding ortho intramolecular Hbond substituents is 1. The van der Waals surface area contributed by atoms with Crippen LogP contribution in [0.15, 0.2) is 106 Å². The number of carbonyl (C=O) groups excluding carboxylic acids is 1. The molecule has 0 aliphatic rings. The van der Waals surface area contributed by atoms with Gasteiger partial charge in [0.1, 0.15) is 22.8 Å². The Labute approximate surface area is 280 Å². The van der Waals surface area contributed by atoms with Gasteiger partial charge in [-0.25, -0.2) is 0 Å². The number of hydrogen-bond donors (Lipinski definition) is 2. The van der Waals surface area contributed by atoms with E-state index in [1.807, 2.05) is 51.1 Å². The number of benzene rings is 4. The molecule has 8 nitrogen and oxygen atoms in total. The van der Waals surface area contributed by atoms with E-state index in [9.17, 15) is 19.8 Å². The predicted octanol–water partition coefficient (Wildman–Crippen LogP) is 8.93. The van der Waals surface area contributed by atoms with Gasteiger partial charge in [-0.2, -0.15) is 0 Å². The zero-order valence-corrected chi connectivity index (χ0v) is 27.9. The monoisotopic (exact) mass is 650 g/mol. The summed E-state index contributed by atoms with van der Waals surface area (Å²) in [6.07, 6.45) is 1.75. The zero-order chi connectivity index (χ0) is 34.4. The van der Waals surface area contributed by atoms with E-state index in [-0.39, 0.29) is 46.4 Å². The van der Waals surface area contributed by atoms with Crippen LogP contribution in [0.5, 0.6) is 23.0 Å². The van der Waals surface area contributed by atoms with E-state index in [4.69, 9.17) is 18.6 Å². The zero-order valence-electron chi connectivity index (χ0n) is 27.9. The van der Waals surface area contributed by atoms with Crippen molar-refractivity contribution in [2.45, 2.75) is 65.1 Å². The molecule has 5 rings (SSSR count). The number of fused-ring (bicyclic) bond motifs is 1. The second-order valence-electron chi connectivity index (χ2n) is 12.7. The van der Waals surface area contributed by atoms with Crippen LogP contribution in [0, 0.1) is 5.41 Å². The van der Waals surface area contributed by atoms with Crippen LogP contribution in [-0.2, 0) is 9.53 Å². The molecule has 2 N–H and O–H groups in total. The number of methoxy groups -OCH3 is 1. The van der Waals surface area contributed by atoms with Crippen molar-refractivity contribution < 1.29 is 33.6 Å². The lowest BCUT2D eigenvalue weighted by Crippen LogP contribution is -2.31. The average Bonchev–Trinajstić information content (AvgIpc) is 3.09. The maximum Gasteiger partial charge on any atom is 0.316 e. The van der Waals surface area contributed by atoms with Crippen molar-refractivity contribution in [1.82, 2.24) is 0 Å². The third kappa shape index (κ3) is 7.89. The fourth-order valence-electron chi connectivity index (χ4n) is 5.98. The lowest BCUT2D eigenvalue weighted by molar-refractivity contribution is -0.144. The summed E-state index contributed by atoms with van der Waals surface area (Å²) in [4.78, 5) is 26.9. The van der Waals surface area contributed by atoms with Crippen molar-refractivity contribution in [1.29, 1.82) is 0 Å². The topological polar surface area (TPSA) is 115 Å². The summed E-state index contributed by atoms with van der Waals surface area (Å²) < 4.78 is 22.7. The van der Waals surface area contributed by atoms with E-state index < -0.39 is 22.6 Å². The van der Waals surface area contributed by atoms with Gasteiger partial charge in [0.05, 0.1) is 10.8 Å². The maximum atomic E-state index is 13.7. The third-order valence-electron chi connectivity index (χ3n) is 8.81. The summed E-state index contributed by atoms with van der Waals surface area (Å²) in [5, 5.41) is 20.8. The van der Waals surface area contributed by atoms with Gasteiger partial charge in [-0.05, 0) is 105 Å². The molecule has 0 amide bonds. The summed E-state index contributed by atoms with van der Waals surface area (Å²) in [5.41, 5.74) is 1.47. The van der Waals surface area contributed by atoms with E-state index in [0.717, 1.165) is 29.7 Å². The number of aromatic hydroxyl groups is 2. The molecule has 3 unspecified atom stereocenters. The molecule has 48 heavy (non-hydrogen) atoms. The van der Waals surface area contributed by atoms with E-state index in [1.165, 1.54) is 6.07 Å². The second kappa shape index (κ2) is 14.8. The number of hydrogen-bond acceptors (Lipinski definition) is 8. The van der Waals surface area contributed by atoms with Crippen molar-refractivity contribution in [3.05, 3.63) is 118 Å². The molecule has 8 heteroatoms. The summed E-state index contributed by atoms with van der Waals surface area (Å²) >= 11 is 0. The summed E-state index contributed by atoms with van der Waals surface area (Å²) in [5.74, 6) is 0.338. The highest BCUT2D eigenvalue weighted by atomic mass is 16.7. The van der Waals surface area contributed by atoms with Crippen LogP contribution in [0.3, 0.4) is 0 Å². The van der Waals surface area contributed by atoms with Crippen LogP contribution in [0.4, 0.5) is 0 Å². The fourth-order valence-corrected chi connectivity index (χ4v) is 5.98. The lowest BCUT2D eigenvalue weighted by atomic mass is 9.74. The van der Waals surface area contributed by atoms with Gasteiger partial charge in [-0.3, -0.25) is 9.59 Å². The minimum atomic E-state index is -0.923. The molecule has 250 valence electrons. The molecule has 3 atom stereocenters. The average molecular weight is 651 g/mol. The Hall–Kier alpha value is -5.08. The van der Waals surface area contributed by atoms with Crippen LogP contribution in [-0.4, -0.2) is 29.6 Å². The predicted molar refractivity (Wildman–Crippen MR) is 186 cm³/mol. The maximum absolute atomic E-state index is 13.7. The minimum absolute atomic E-state index is 0.0421. The van der Waals surface area contributed by atoms with Crippen LogP contribution < -0.4 is 14.9 Å². The highest BCUT2D eigenvalue weighted by Gasteiger charge is 2.35. The number of esters is 1. The SMILES string of the molecule is CCC(CC(CC(C)(C)C(=O)Oc1ccc2oc(-c3ccccc3)c(O)c(=O)c2c1)c1ccc(O)cc1)c1ccc(OC(C)OC)cc1. The molecule has 0 fully saturated rings. The molecule has 5 aromatic rings. The Morgan fingerprint density at radius 3 is 2.12 bits per heavy atom. The Kier molecular flexibility index (Phi) is 10.5. The van der Waals surface area contributed by atoms with Crippen molar-refractivity contribution in [2.24, 2.45) is 5.41 Å². The number of rotatable bonds is 13.